The summed E-state index contributed by atoms with van der Waals surface area (Å²) in [5.74, 6) is 0.683. The molecule has 0 spiro atoms. The number of nitrogens with one attached hydrogen (secondary N) is 2. The molecule has 21 heavy (non-hydrogen) atoms. The highest BCUT2D eigenvalue weighted by Gasteiger charge is 2.13. The number of hydrogen-bond acceptors (Lipinski definition) is 4. The zero-order valence-electron chi connectivity index (χ0n) is 12.4. The molecule has 0 atom stereocenters. The van der Waals surface area contributed by atoms with E-state index in [9.17, 15) is 8.42 Å². The van der Waals surface area contributed by atoms with Crippen LogP contribution in [0.15, 0.2) is 41.6 Å². The molecule has 0 saturated heterocycles. The van der Waals surface area contributed by atoms with Gasteiger partial charge in [-0.2, -0.15) is 0 Å². The first kappa shape index (κ1) is 15.5. The Bertz CT molecular complexity index is 707. The molecule has 0 aliphatic rings. The van der Waals surface area contributed by atoms with Crippen LogP contribution in [0, 0.1) is 0 Å². The molecule has 0 saturated carbocycles. The van der Waals surface area contributed by atoms with Gasteiger partial charge in [-0.05, 0) is 32.0 Å². The van der Waals surface area contributed by atoms with Gasteiger partial charge in [0.2, 0.25) is 16.0 Å². The average molecular weight is 308 g/mol. The van der Waals surface area contributed by atoms with Gasteiger partial charge in [-0.25, -0.2) is 18.1 Å². The van der Waals surface area contributed by atoms with Crippen LogP contribution < -0.4 is 10.0 Å². The van der Waals surface area contributed by atoms with Crippen LogP contribution >= 0.6 is 0 Å². The van der Waals surface area contributed by atoms with E-state index in [1.54, 1.807) is 31.3 Å². The molecule has 0 fully saturated rings. The number of sulfonamides is 1. The van der Waals surface area contributed by atoms with E-state index < -0.39 is 10.0 Å². The quantitative estimate of drug-likeness (QED) is 0.859. The van der Waals surface area contributed by atoms with E-state index in [4.69, 9.17) is 0 Å². The Kier molecular flexibility index (Phi) is 4.64. The van der Waals surface area contributed by atoms with Crippen molar-refractivity contribution in [2.45, 2.75) is 31.7 Å². The minimum Gasteiger partial charge on any atom is -0.326 e. The minimum absolute atomic E-state index is 0.233. The van der Waals surface area contributed by atoms with Gasteiger partial charge in [0.25, 0.3) is 0 Å². The zero-order valence-corrected chi connectivity index (χ0v) is 13.2. The van der Waals surface area contributed by atoms with Gasteiger partial charge in [0.15, 0.2) is 0 Å². The maximum Gasteiger partial charge on any atom is 0.240 e. The van der Waals surface area contributed by atoms with Crippen LogP contribution in [0.3, 0.4) is 0 Å². The first-order valence-electron chi connectivity index (χ1n) is 6.83. The number of nitrogens with zero attached hydrogens (tertiary/aromatic N) is 2. The van der Waals surface area contributed by atoms with Crippen molar-refractivity contribution < 1.29 is 8.42 Å². The summed E-state index contributed by atoms with van der Waals surface area (Å²) in [5, 5.41) is 3.15. The summed E-state index contributed by atoms with van der Waals surface area (Å²) in [7, 11) is -3.46. The molecule has 7 heteroatoms. The van der Waals surface area contributed by atoms with Gasteiger partial charge >= 0.3 is 0 Å². The molecule has 1 heterocycles. The second-order valence-electron chi connectivity index (χ2n) is 4.91. The van der Waals surface area contributed by atoms with Gasteiger partial charge in [-0.1, -0.05) is 13.0 Å². The molecule has 114 valence electrons. The highest BCUT2D eigenvalue weighted by Crippen LogP contribution is 2.21. The summed E-state index contributed by atoms with van der Waals surface area (Å²) in [6.45, 7) is 6.22. The molecule has 2 rings (SSSR count). The lowest BCUT2D eigenvalue weighted by molar-refractivity contribution is 0.584. The maximum absolute atomic E-state index is 12.0. The third kappa shape index (κ3) is 3.62. The summed E-state index contributed by atoms with van der Waals surface area (Å²) in [5.41, 5.74) is 0.682. The van der Waals surface area contributed by atoms with Crippen molar-refractivity contribution >= 4 is 21.7 Å². The molecule has 2 aromatic rings. The van der Waals surface area contributed by atoms with Crippen molar-refractivity contribution in [1.29, 1.82) is 0 Å². The Labute approximate surface area is 125 Å². The number of aromatic nitrogens is 2. The van der Waals surface area contributed by atoms with E-state index in [-0.39, 0.29) is 10.9 Å². The first-order valence-corrected chi connectivity index (χ1v) is 8.32. The highest BCUT2D eigenvalue weighted by molar-refractivity contribution is 7.89. The van der Waals surface area contributed by atoms with E-state index in [1.807, 2.05) is 16.8 Å². The Morgan fingerprint density at radius 2 is 2.10 bits per heavy atom. The van der Waals surface area contributed by atoms with Gasteiger partial charge in [0.1, 0.15) is 0 Å². The molecule has 6 nitrogen and oxygen atoms in total. The van der Waals surface area contributed by atoms with Crippen molar-refractivity contribution in [3.8, 4) is 0 Å². The topological polar surface area (TPSA) is 76.0 Å². The van der Waals surface area contributed by atoms with Crippen LogP contribution in [0.25, 0.3) is 0 Å². The lowest BCUT2D eigenvalue weighted by atomic mass is 10.3. The van der Waals surface area contributed by atoms with Gasteiger partial charge in [0, 0.05) is 30.7 Å². The van der Waals surface area contributed by atoms with E-state index in [0.29, 0.717) is 18.2 Å². The molecule has 0 unspecified atom stereocenters. The second kappa shape index (κ2) is 6.28. The fourth-order valence-electron chi connectivity index (χ4n) is 1.97. The molecule has 2 N–H and O–H groups in total. The Morgan fingerprint density at radius 1 is 1.33 bits per heavy atom. The molecular weight excluding hydrogens is 288 g/mol. The summed E-state index contributed by atoms with van der Waals surface area (Å²) in [4.78, 5) is 4.48. The lowest BCUT2D eigenvalue weighted by Crippen LogP contribution is -2.23. The molecule has 1 aromatic carbocycles. The van der Waals surface area contributed by atoms with Gasteiger partial charge < -0.3 is 9.88 Å². The number of rotatable bonds is 6. The molecule has 0 amide bonds. The minimum atomic E-state index is -3.46. The summed E-state index contributed by atoms with van der Waals surface area (Å²) in [6.07, 6.45) is 3.59. The Hall–Kier alpha value is -1.86. The van der Waals surface area contributed by atoms with Crippen LogP contribution in [0.5, 0.6) is 0 Å². The number of hydrogen-bond donors (Lipinski definition) is 2. The molecule has 0 aliphatic heterocycles. The predicted octanol–water partition coefficient (Wildman–Crippen LogP) is 2.51. The fraction of sp³-hybridized carbons (Fsp3) is 0.357. The van der Waals surface area contributed by atoms with Gasteiger partial charge in [0.05, 0.1) is 4.90 Å². The van der Waals surface area contributed by atoms with E-state index in [1.165, 1.54) is 0 Å². The van der Waals surface area contributed by atoms with E-state index >= 15 is 0 Å². The standard InChI is InChI=1S/C14H20N4O2S/c1-4-16-21(19,20)13-7-5-6-12(10-13)17-14-15-8-9-18(14)11(2)3/h5-11,16H,4H2,1-3H3,(H,15,17). The number of anilines is 2. The SMILES string of the molecule is CCNS(=O)(=O)c1cccc(Nc2nccn2C(C)C)c1. The Balaban J connectivity index is 2.28. The van der Waals surface area contributed by atoms with Crippen molar-refractivity contribution in [3.05, 3.63) is 36.7 Å². The highest BCUT2D eigenvalue weighted by atomic mass is 32.2. The molecule has 0 radical (unpaired) electrons. The predicted molar refractivity (Wildman–Crippen MR) is 83.2 cm³/mol. The molecule has 0 bridgehead atoms. The fourth-order valence-corrected chi connectivity index (χ4v) is 3.06. The average Bonchev–Trinajstić information content (AvgIpc) is 2.87. The number of imidazole rings is 1. The number of benzene rings is 1. The van der Waals surface area contributed by atoms with Crippen LogP contribution in [-0.2, 0) is 10.0 Å². The molecule has 1 aromatic heterocycles. The van der Waals surface area contributed by atoms with Crippen molar-refractivity contribution in [1.82, 2.24) is 14.3 Å². The maximum atomic E-state index is 12.0. The van der Waals surface area contributed by atoms with Crippen LogP contribution in [0.2, 0.25) is 0 Å². The summed E-state index contributed by atoms with van der Waals surface area (Å²) >= 11 is 0. The third-order valence-electron chi connectivity index (χ3n) is 2.96. The Morgan fingerprint density at radius 3 is 2.76 bits per heavy atom. The van der Waals surface area contributed by atoms with Crippen LogP contribution in [0.4, 0.5) is 11.6 Å². The smallest absolute Gasteiger partial charge is 0.240 e. The van der Waals surface area contributed by atoms with Crippen molar-refractivity contribution in [2.75, 3.05) is 11.9 Å². The van der Waals surface area contributed by atoms with Crippen LogP contribution in [-0.4, -0.2) is 24.5 Å². The van der Waals surface area contributed by atoms with E-state index in [2.05, 4.69) is 28.9 Å². The zero-order chi connectivity index (χ0) is 15.5. The van der Waals surface area contributed by atoms with E-state index in [0.717, 1.165) is 0 Å². The molecular formula is C14H20N4O2S. The monoisotopic (exact) mass is 308 g/mol. The largest absolute Gasteiger partial charge is 0.326 e. The van der Waals surface area contributed by atoms with Crippen LogP contribution in [0.1, 0.15) is 26.8 Å². The summed E-state index contributed by atoms with van der Waals surface area (Å²) < 4.78 is 28.5. The molecule has 0 aliphatic carbocycles. The second-order valence-corrected chi connectivity index (χ2v) is 6.67. The summed E-state index contributed by atoms with van der Waals surface area (Å²) in [6, 6.07) is 6.94. The van der Waals surface area contributed by atoms with Gasteiger partial charge in [-0.15, -0.1) is 0 Å². The van der Waals surface area contributed by atoms with Crippen molar-refractivity contribution in [2.24, 2.45) is 0 Å². The van der Waals surface area contributed by atoms with Gasteiger partial charge in [-0.3, -0.25) is 0 Å². The first-order chi connectivity index (χ1) is 9.94. The normalized spacial score (nSPS) is 11.8. The third-order valence-corrected chi connectivity index (χ3v) is 4.50. The lowest BCUT2D eigenvalue weighted by Gasteiger charge is -2.13. The van der Waals surface area contributed by atoms with Crippen molar-refractivity contribution in [3.63, 3.8) is 0 Å².